The Morgan fingerprint density at radius 2 is 0.652 bits per heavy atom. The molecule has 0 saturated carbocycles. The molecular formula is C42H38OP2S. The Labute approximate surface area is 280 Å². The molecule has 0 atom stereocenters. The average Bonchev–Trinajstić information content (AvgIpc) is 3.04. The second kappa shape index (κ2) is 12.8. The quantitative estimate of drug-likeness (QED) is 0.166. The number of hydrogen-bond donors (Lipinski definition) is 0. The maximum Gasteiger partial charge on any atom is 0.149 e. The standard InChI is InChI=1S/C42H38OP2S/c1-27-7-15-33(16-8-27)44(34-17-9-28(2)10-18-34)37-23-31(5)25-39-41(37)43-42-38(24-32(6)26-40(42)46-39)45(35-19-11-29(3)12-20-35)36-21-13-30(4)14-22-36/h7-26H,1-6H3. The monoisotopic (exact) mass is 652 g/mol. The van der Waals surface area contributed by atoms with E-state index in [2.05, 4.69) is 163 Å². The molecule has 1 aliphatic rings. The first-order valence-corrected chi connectivity index (χ1v) is 19.3. The maximum atomic E-state index is 7.30. The molecule has 0 N–H and O–H groups in total. The summed E-state index contributed by atoms with van der Waals surface area (Å²) in [7, 11) is -1.70. The molecular weight excluding hydrogens is 614 g/mol. The zero-order chi connectivity index (χ0) is 31.9. The summed E-state index contributed by atoms with van der Waals surface area (Å²) in [6, 6.07) is 45.7. The third-order valence-electron chi connectivity index (χ3n) is 8.43. The third kappa shape index (κ3) is 6.20. The molecule has 0 spiro atoms. The van der Waals surface area contributed by atoms with Crippen molar-refractivity contribution in [2.24, 2.45) is 0 Å². The van der Waals surface area contributed by atoms with Crippen LogP contribution in [0, 0.1) is 41.5 Å². The van der Waals surface area contributed by atoms with Crippen molar-refractivity contribution < 1.29 is 4.74 Å². The van der Waals surface area contributed by atoms with Crippen molar-refractivity contribution in [2.75, 3.05) is 0 Å². The van der Waals surface area contributed by atoms with E-state index in [1.54, 1.807) is 0 Å². The molecule has 7 rings (SSSR count). The van der Waals surface area contributed by atoms with E-state index in [1.807, 2.05) is 11.8 Å². The van der Waals surface area contributed by atoms with E-state index in [9.17, 15) is 0 Å². The average molecular weight is 653 g/mol. The Balaban J connectivity index is 1.43. The van der Waals surface area contributed by atoms with Crippen LogP contribution in [0.15, 0.2) is 131 Å². The minimum absolute atomic E-state index is 0.850. The predicted octanol–water partition coefficient (Wildman–Crippen LogP) is 9.31. The Bertz CT molecular complexity index is 1790. The lowest BCUT2D eigenvalue weighted by Gasteiger charge is -2.31. The van der Waals surface area contributed by atoms with Gasteiger partial charge >= 0.3 is 0 Å². The first-order chi connectivity index (χ1) is 22.2. The van der Waals surface area contributed by atoms with Crippen LogP contribution in [-0.2, 0) is 0 Å². The van der Waals surface area contributed by atoms with Gasteiger partial charge in [0.15, 0.2) is 0 Å². The van der Waals surface area contributed by atoms with Gasteiger partial charge in [0, 0.05) is 10.6 Å². The van der Waals surface area contributed by atoms with Crippen molar-refractivity contribution in [1.29, 1.82) is 0 Å². The van der Waals surface area contributed by atoms with Crippen LogP contribution in [0.25, 0.3) is 0 Å². The van der Waals surface area contributed by atoms with Gasteiger partial charge in [0.05, 0.1) is 9.79 Å². The number of aryl methyl sites for hydroxylation is 6. The van der Waals surface area contributed by atoms with Gasteiger partial charge in [0.1, 0.15) is 11.5 Å². The van der Waals surface area contributed by atoms with Gasteiger partial charge < -0.3 is 4.74 Å². The first kappa shape index (κ1) is 31.0. The maximum absolute atomic E-state index is 7.30. The summed E-state index contributed by atoms with van der Waals surface area (Å²) >= 11 is 1.86. The Kier molecular flexibility index (Phi) is 8.65. The molecule has 6 aromatic rings. The lowest BCUT2D eigenvalue weighted by molar-refractivity contribution is 0.462. The van der Waals surface area contributed by atoms with E-state index in [4.69, 9.17) is 4.74 Å². The van der Waals surface area contributed by atoms with E-state index in [0.29, 0.717) is 0 Å². The van der Waals surface area contributed by atoms with Gasteiger partial charge in [-0.05, 0) is 114 Å². The van der Waals surface area contributed by atoms with Crippen LogP contribution in [0.5, 0.6) is 11.5 Å². The van der Waals surface area contributed by atoms with Crippen molar-refractivity contribution in [1.82, 2.24) is 0 Å². The van der Waals surface area contributed by atoms with Crippen molar-refractivity contribution >= 4 is 59.4 Å². The molecule has 46 heavy (non-hydrogen) atoms. The predicted molar refractivity (Wildman–Crippen MR) is 203 cm³/mol. The van der Waals surface area contributed by atoms with Crippen molar-refractivity contribution in [3.8, 4) is 11.5 Å². The molecule has 0 radical (unpaired) electrons. The molecule has 1 heterocycles. The molecule has 4 heteroatoms. The van der Waals surface area contributed by atoms with E-state index >= 15 is 0 Å². The summed E-state index contributed by atoms with van der Waals surface area (Å²) in [4.78, 5) is 2.39. The molecule has 1 nitrogen and oxygen atoms in total. The van der Waals surface area contributed by atoms with E-state index in [1.165, 1.54) is 75.0 Å². The summed E-state index contributed by atoms with van der Waals surface area (Å²) in [5.41, 5.74) is 7.61. The molecule has 0 saturated heterocycles. The zero-order valence-corrected chi connectivity index (χ0v) is 29.9. The summed E-state index contributed by atoms with van der Waals surface area (Å²) in [5.74, 6) is 2.01. The summed E-state index contributed by atoms with van der Waals surface area (Å²) in [6.07, 6.45) is 0. The highest BCUT2D eigenvalue weighted by Gasteiger charge is 2.31. The smallest absolute Gasteiger partial charge is 0.149 e. The molecule has 0 fully saturated rings. The van der Waals surface area contributed by atoms with Crippen LogP contribution in [-0.4, -0.2) is 0 Å². The first-order valence-electron chi connectivity index (χ1n) is 15.8. The van der Waals surface area contributed by atoms with Crippen LogP contribution in [0.2, 0.25) is 0 Å². The molecule has 0 bridgehead atoms. The minimum Gasteiger partial charge on any atom is -0.454 e. The summed E-state index contributed by atoms with van der Waals surface area (Å²) in [6.45, 7) is 13.1. The number of benzene rings is 6. The van der Waals surface area contributed by atoms with Gasteiger partial charge in [0.2, 0.25) is 0 Å². The Hall–Kier alpha value is -3.67. The Morgan fingerprint density at radius 1 is 0.370 bits per heavy atom. The number of hydrogen-bond acceptors (Lipinski definition) is 2. The van der Waals surface area contributed by atoms with Crippen LogP contribution in [0.1, 0.15) is 33.4 Å². The largest absolute Gasteiger partial charge is 0.454 e. The highest BCUT2D eigenvalue weighted by molar-refractivity contribution is 7.99. The number of rotatable bonds is 6. The van der Waals surface area contributed by atoms with E-state index in [0.717, 1.165) is 11.5 Å². The van der Waals surface area contributed by atoms with Crippen molar-refractivity contribution in [3.05, 3.63) is 155 Å². The van der Waals surface area contributed by atoms with Gasteiger partial charge in [0.25, 0.3) is 0 Å². The van der Waals surface area contributed by atoms with Crippen molar-refractivity contribution in [2.45, 2.75) is 51.3 Å². The zero-order valence-electron chi connectivity index (χ0n) is 27.3. The fourth-order valence-electron chi connectivity index (χ4n) is 5.98. The minimum atomic E-state index is -0.850. The lowest BCUT2D eigenvalue weighted by atomic mass is 10.2. The third-order valence-corrected chi connectivity index (χ3v) is 14.4. The highest BCUT2D eigenvalue weighted by atomic mass is 32.2. The van der Waals surface area contributed by atoms with Crippen LogP contribution in [0.4, 0.5) is 0 Å². The van der Waals surface area contributed by atoms with Crippen LogP contribution >= 0.6 is 27.6 Å². The second-order valence-electron chi connectivity index (χ2n) is 12.4. The van der Waals surface area contributed by atoms with Crippen LogP contribution < -0.4 is 36.6 Å². The summed E-state index contributed by atoms with van der Waals surface area (Å²) in [5, 5.41) is 7.89. The molecule has 0 aromatic heterocycles. The molecule has 228 valence electrons. The second-order valence-corrected chi connectivity index (χ2v) is 17.9. The highest BCUT2D eigenvalue weighted by Crippen LogP contribution is 2.52. The van der Waals surface area contributed by atoms with Gasteiger partial charge in [-0.25, -0.2) is 0 Å². The van der Waals surface area contributed by atoms with Gasteiger partial charge in [-0.1, -0.05) is 131 Å². The fourth-order valence-corrected chi connectivity index (χ4v) is 12.3. The van der Waals surface area contributed by atoms with E-state index < -0.39 is 15.8 Å². The SMILES string of the molecule is Cc1ccc(P(c2ccc(C)cc2)c2cc(C)cc3c2Oc2c(cc(C)cc2P(c2ccc(C)cc2)c2ccc(C)cc2)S3)cc1. The van der Waals surface area contributed by atoms with Gasteiger partial charge in [-0.2, -0.15) is 0 Å². The number of ether oxygens (including phenoxy) is 1. The van der Waals surface area contributed by atoms with Crippen molar-refractivity contribution in [3.63, 3.8) is 0 Å². The van der Waals surface area contributed by atoms with Crippen LogP contribution in [0.3, 0.4) is 0 Å². The Morgan fingerprint density at radius 3 is 0.935 bits per heavy atom. The normalized spacial score (nSPS) is 12.2. The summed E-state index contributed by atoms with van der Waals surface area (Å²) < 4.78 is 7.30. The molecule has 0 amide bonds. The van der Waals surface area contributed by atoms with Gasteiger partial charge in [-0.3, -0.25) is 0 Å². The molecule has 0 unspecified atom stereocenters. The molecule has 0 aliphatic carbocycles. The van der Waals surface area contributed by atoms with Gasteiger partial charge in [-0.15, -0.1) is 0 Å². The molecule has 6 aromatic carbocycles. The topological polar surface area (TPSA) is 9.23 Å². The molecule has 1 aliphatic heterocycles. The number of fused-ring (bicyclic) bond motifs is 2. The lowest BCUT2D eigenvalue weighted by Crippen LogP contribution is -2.26. The van der Waals surface area contributed by atoms with E-state index in [-0.39, 0.29) is 0 Å². The fraction of sp³-hybridized carbons (Fsp3) is 0.143.